The number of nitrogens with one attached hydrogen (secondary N) is 1. The molecular weight excluding hydrogens is 378 g/mol. The molecule has 148 valence electrons. The van der Waals surface area contributed by atoms with Gasteiger partial charge >= 0.3 is 0 Å². The SMILES string of the molecule is COc1ccc(C)cc1S(=O)(=O)Nc1ccc(Cc2noc(C(C)C)n2)cc1. The summed E-state index contributed by atoms with van der Waals surface area (Å²) in [6, 6.07) is 12.1. The van der Waals surface area contributed by atoms with Crippen molar-refractivity contribution in [2.24, 2.45) is 0 Å². The van der Waals surface area contributed by atoms with Crippen molar-refractivity contribution in [2.45, 2.75) is 38.0 Å². The highest BCUT2D eigenvalue weighted by Crippen LogP contribution is 2.27. The van der Waals surface area contributed by atoms with Gasteiger partial charge in [-0.25, -0.2) is 8.42 Å². The van der Waals surface area contributed by atoms with Gasteiger partial charge in [0.25, 0.3) is 10.0 Å². The second-order valence-electron chi connectivity index (χ2n) is 6.84. The fourth-order valence-electron chi connectivity index (χ4n) is 2.65. The van der Waals surface area contributed by atoms with E-state index in [2.05, 4.69) is 14.9 Å². The standard InChI is InChI=1S/C20H23N3O4S/c1-13(2)20-21-19(22-27-20)12-15-6-8-16(9-7-15)23-28(24,25)18-11-14(3)5-10-17(18)26-4/h5-11,13,23H,12H2,1-4H3. The molecule has 0 saturated carbocycles. The van der Waals surface area contributed by atoms with Gasteiger partial charge < -0.3 is 9.26 Å². The monoisotopic (exact) mass is 401 g/mol. The maximum absolute atomic E-state index is 12.8. The van der Waals surface area contributed by atoms with Crippen molar-refractivity contribution in [3.8, 4) is 5.75 Å². The van der Waals surface area contributed by atoms with Crippen molar-refractivity contribution < 1.29 is 17.7 Å². The van der Waals surface area contributed by atoms with Crippen molar-refractivity contribution in [3.63, 3.8) is 0 Å². The van der Waals surface area contributed by atoms with Crippen LogP contribution in [0.3, 0.4) is 0 Å². The Hall–Kier alpha value is -2.87. The van der Waals surface area contributed by atoms with Crippen molar-refractivity contribution in [2.75, 3.05) is 11.8 Å². The Morgan fingerprint density at radius 3 is 2.46 bits per heavy atom. The largest absolute Gasteiger partial charge is 0.495 e. The molecule has 0 aliphatic carbocycles. The predicted molar refractivity (Wildman–Crippen MR) is 106 cm³/mol. The molecule has 0 aliphatic heterocycles. The number of hydrogen-bond donors (Lipinski definition) is 1. The molecule has 8 heteroatoms. The number of ether oxygens (including phenoxy) is 1. The second-order valence-corrected chi connectivity index (χ2v) is 8.49. The van der Waals surface area contributed by atoms with Crippen LogP contribution in [0.25, 0.3) is 0 Å². The van der Waals surface area contributed by atoms with Gasteiger partial charge in [0.05, 0.1) is 7.11 Å². The van der Waals surface area contributed by atoms with Gasteiger partial charge in [0.1, 0.15) is 10.6 Å². The van der Waals surface area contributed by atoms with E-state index >= 15 is 0 Å². The number of benzene rings is 2. The average Bonchev–Trinajstić information content (AvgIpc) is 3.12. The molecule has 0 amide bonds. The molecule has 1 N–H and O–H groups in total. The number of methoxy groups -OCH3 is 1. The number of sulfonamides is 1. The third kappa shape index (κ3) is 4.51. The van der Waals surface area contributed by atoms with Crippen LogP contribution < -0.4 is 9.46 Å². The van der Waals surface area contributed by atoms with Gasteiger partial charge in [0.15, 0.2) is 5.82 Å². The number of hydrogen-bond acceptors (Lipinski definition) is 6. The van der Waals surface area contributed by atoms with E-state index in [0.717, 1.165) is 11.1 Å². The lowest BCUT2D eigenvalue weighted by molar-refractivity contribution is 0.361. The summed E-state index contributed by atoms with van der Waals surface area (Å²) in [4.78, 5) is 4.45. The van der Waals surface area contributed by atoms with Crippen LogP contribution in [0.5, 0.6) is 5.75 Å². The van der Waals surface area contributed by atoms with Gasteiger partial charge in [-0.3, -0.25) is 4.72 Å². The van der Waals surface area contributed by atoms with E-state index in [4.69, 9.17) is 9.26 Å². The van der Waals surface area contributed by atoms with Crippen molar-refractivity contribution >= 4 is 15.7 Å². The van der Waals surface area contributed by atoms with E-state index in [-0.39, 0.29) is 10.8 Å². The van der Waals surface area contributed by atoms with Gasteiger partial charge in [0.2, 0.25) is 5.89 Å². The fourth-order valence-corrected chi connectivity index (χ4v) is 3.96. The maximum Gasteiger partial charge on any atom is 0.265 e. The molecule has 28 heavy (non-hydrogen) atoms. The van der Waals surface area contributed by atoms with Crippen LogP contribution >= 0.6 is 0 Å². The topological polar surface area (TPSA) is 94.3 Å². The molecule has 0 bridgehead atoms. The summed E-state index contributed by atoms with van der Waals surface area (Å²) in [5, 5.41) is 3.97. The first-order valence-electron chi connectivity index (χ1n) is 8.87. The number of aromatic nitrogens is 2. The van der Waals surface area contributed by atoms with Crippen LogP contribution in [-0.4, -0.2) is 25.7 Å². The molecule has 7 nitrogen and oxygen atoms in total. The van der Waals surface area contributed by atoms with Crippen LogP contribution in [0.2, 0.25) is 0 Å². The van der Waals surface area contributed by atoms with Gasteiger partial charge in [-0.15, -0.1) is 0 Å². The van der Waals surface area contributed by atoms with Crippen LogP contribution in [0.4, 0.5) is 5.69 Å². The molecule has 0 aliphatic rings. The minimum Gasteiger partial charge on any atom is -0.495 e. The molecule has 0 fully saturated rings. The number of rotatable bonds is 7. The maximum atomic E-state index is 12.8. The van der Waals surface area contributed by atoms with E-state index < -0.39 is 10.0 Å². The Bertz CT molecular complexity index is 1060. The summed E-state index contributed by atoms with van der Waals surface area (Å²) in [5.74, 6) is 1.68. The van der Waals surface area contributed by atoms with Gasteiger partial charge in [-0.2, -0.15) is 4.98 Å². The molecule has 0 radical (unpaired) electrons. The lowest BCUT2D eigenvalue weighted by atomic mass is 10.1. The highest BCUT2D eigenvalue weighted by Gasteiger charge is 2.20. The van der Waals surface area contributed by atoms with Gasteiger partial charge in [-0.05, 0) is 42.3 Å². The van der Waals surface area contributed by atoms with Gasteiger partial charge in [-0.1, -0.05) is 37.2 Å². The molecule has 0 spiro atoms. The predicted octanol–water partition coefficient (Wildman–Crippen LogP) is 3.90. The Balaban J connectivity index is 1.75. The minimum absolute atomic E-state index is 0.104. The summed E-state index contributed by atoms with van der Waals surface area (Å²) in [7, 11) is -2.33. The minimum atomic E-state index is -3.77. The van der Waals surface area contributed by atoms with Crippen LogP contribution in [0.15, 0.2) is 51.9 Å². The highest BCUT2D eigenvalue weighted by molar-refractivity contribution is 7.92. The molecule has 0 atom stereocenters. The summed E-state index contributed by atoms with van der Waals surface area (Å²) in [6.45, 7) is 5.80. The quantitative estimate of drug-likeness (QED) is 0.645. The summed E-state index contributed by atoms with van der Waals surface area (Å²) >= 11 is 0. The first-order chi connectivity index (χ1) is 13.3. The second kappa shape index (κ2) is 8.02. The van der Waals surface area contributed by atoms with Crippen molar-refractivity contribution in [3.05, 3.63) is 65.3 Å². The zero-order valence-corrected chi connectivity index (χ0v) is 17.1. The first-order valence-corrected chi connectivity index (χ1v) is 10.4. The van der Waals surface area contributed by atoms with E-state index in [1.54, 1.807) is 30.3 Å². The number of anilines is 1. The van der Waals surface area contributed by atoms with Crippen LogP contribution in [0, 0.1) is 6.92 Å². The van der Waals surface area contributed by atoms with Crippen LogP contribution in [-0.2, 0) is 16.4 Å². The van der Waals surface area contributed by atoms with E-state index in [9.17, 15) is 8.42 Å². The Morgan fingerprint density at radius 1 is 1.14 bits per heavy atom. The fraction of sp³-hybridized carbons (Fsp3) is 0.300. The molecule has 3 aromatic rings. The van der Waals surface area contributed by atoms with Gasteiger partial charge in [0, 0.05) is 18.0 Å². The molecular formula is C20H23N3O4S. The van der Waals surface area contributed by atoms with Crippen molar-refractivity contribution in [1.29, 1.82) is 0 Å². The van der Waals surface area contributed by atoms with E-state index in [1.165, 1.54) is 7.11 Å². The smallest absolute Gasteiger partial charge is 0.265 e. The molecule has 1 aromatic heterocycles. The molecule has 0 unspecified atom stereocenters. The Morgan fingerprint density at radius 2 is 1.86 bits per heavy atom. The number of nitrogens with zero attached hydrogens (tertiary/aromatic N) is 2. The summed E-state index contributed by atoms with van der Waals surface area (Å²) in [6.07, 6.45) is 0.509. The lowest BCUT2D eigenvalue weighted by Crippen LogP contribution is -2.14. The normalized spacial score (nSPS) is 11.6. The first kappa shape index (κ1) is 19.9. The summed E-state index contributed by atoms with van der Waals surface area (Å²) in [5.41, 5.74) is 2.24. The zero-order chi connectivity index (χ0) is 20.3. The van der Waals surface area contributed by atoms with Crippen LogP contribution in [0.1, 0.15) is 42.6 Å². The van der Waals surface area contributed by atoms with Crippen molar-refractivity contribution in [1.82, 2.24) is 10.1 Å². The molecule has 2 aromatic carbocycles. The number of aryl methyl sites for hydroxylation is 1. The highest BCUT2D eigenvalue weighted by atomic mass is 32.2. The lowest BCUT2D eigenvalue weighted by Gasteiger charge is -2.12. The molecule has 1 heterocycles. The van der Waals surface area contributed by atoms with E-state index in [1.807, 2.05) is 32.9 Å². The third-order valence-corrected chi connectivity index (χ3v) is 5.56. The Kier molecular flexibility index (Phi) is 5.69. The summed E-state index contributed by atoms with van der Waals surface area (Å²) < 4.78 is 38.5. The third-order valence-electron chi connectivity index (χ3n) is 4.15. The zero-order valence-electron chi connectivity index (χ0n) is 16.3. The molecule has 0 saturated heterocycles. The molecule has 3 rings (SSSR count). The average molecular weight is 401 g/mol. The van der Waals surface area contributed by atoms with E-state index in [0.29, 0.717) is 29.6 Å². The Labute approximate surface area is 164 Å².